The van der Waals surface area contributed by atoms with Crippen LogP contribution in [0.5, 0.6) is 0 Å². The Morgan fingerprint density at radius 3 is 1.87 bits per heavy atom. The highest BCUT2D eigenvalue weighted by Crippen LogP contribution is 2.23. The summed E-state index contributed by atoms with van der Waals surface area (Å²) in [6.45, 7) is 0. The summed E-state index contributed by atoms with van der Waals surface area (Å²) < 4.78 is 21.1. The summed E-state index contributed by atoms with van der Waals surface area (Å²) in [7, 11) is 1.09. The third-order valence-electron chi connectivity index (χ3n) is 7.53. The van der Waals surface area contributed by atoms with Crippen molar-refractivity contribution in [2.24, 2.45) is 0 Å². The molecule has 6 aromatic carbocycles. The number of nitrogens with zero attached hydrogens (tertiary/aromatic N) is 4. The predicted octanol–water partition coefficient (Wildman–Crippen LogP) is 7.37. The molecule has 0 bridgehead atoms. The number of para-hydroxylation sites is 8. The fraction of sp³-hybridized carbons (Fsp3) is 0.0714. The van der Waals surface area contributed by atoms with Crippen molar-refractivity contribution in [3.8, 4) is 5.69 Å². The number of rotatable bonds is 2. The Balaban J connectivity index is 0.000000189. The molecule has 0 aliphatic carbocycles. The van der Waals surface area contributed by atoms with Crippen molar-refractivity contribution < 1.29 is 39.2 Å². The van der Waals surface area contributed by atoms with Gasteiger partial charge in [-0.3, -0.25) is 8.96 Å². The van der Waals surface area contributed by atoms with Gasteiger partial charge in [0.1, 0.15) is 19.1 Å². The molecule has 1 aliphatic rings. The van der Waals surface area contributed by atoms with E-state index in [-0.39, 0.29) is 24.0 Å². The number of imidazole rings is 2. The maximum absolute atomic E-state index is 9.96. The van der Waals surface area contributed by atoms with Crippen LogP contribution in [0.1, 0.15) is 1.37 Å². The van der Waals surface area contributed by atoms with E-state index in [9.17, 15) is 4.39 Å². The van der Waals surface area contributed by atoms with Gasteiger partial charge in [0.15, 0.2) is 0 Å². The summed E-state index contributed by atoms with van der Waals surface area (Å²) in [6, 6.07) is 55.6. The van der Waals surface area contributed by atoms with Gasteiger partial charge < -0.3 is 29.0 Å². The topological polar surface area (TPSA) is 54.0 Å². The molecule has 0 radical (unpaired) electrons. The highest BCUT2D eigenvalue weighted by molar-refractivity contribution is 14.1. The smallest absolute Gasteiger partial charge is 0.341 e. The fourth-order valence-electron chi connectivity index (χ4n) is 5.24. The van der Waals surface area contributed by atoms with Crippen LogP contribution < -0.4 is 28.9 Å². The van der Waals surface area contributed by atoms with Gasteiger partial charge in [-0.25, -0.2) is 9.97 Å². The maximum atomic E-state index is 9.96. The van der Waals surface area contributed by atoms with E-state index in [0.717, 1.165) is 27.8 Å². The molecule has 6 nitrogen and oxygen atoms in total. The molecule has 0 saturated carbocycles. The molecule has 0 amide bonds. The summed E-state index contributed by atoms with van der Waals surface area (Å²) in [5, 5.41) is 0. The lowest BCUT2D eigenvalue weighted by atomic mass is 10.2. The molecule has 1 unspecified atom stereocenters. The zero-order chi connectivity index (χ0) is 37.0. The molecule has 52 heavy (non-hydrogen) atoms. The number of hydrogen-bond acceptors (Lipinski definition) is 2. The van der Waals surface area contributed by atoms with Gasteiger partial charge in [0.2, 0.25) is 5.69 Å². The van der Waals surface area contributed by atoms with E-state index in [2.05, 4.69) is 168 Å². The van der Waals surface area contributed by atoms with E-state index in [1.54, 1.807) is 6.33 Å². The summed E-state index contributed by atoms with van der Waals surface area (Å²) in [5.41, 5.74) is 9.31. The van der Waals surface area contributed by atoms with Gasteiger partial charge in [-0.2, -0.15) is 4.90 Å². The second-order valence-corrected chi connectivity index (χ2v) is 11.9. The largest absolute Gasteiger partial charge is 1.00 e. The van der Waals surface area contributed by atoms with Crippen molar-refractivity contribution in [2.75, 3.05) is 19.1 Å². The normalized spacial score (nSPS) is 12.1. The number of hydrogen-bond donors (Lipinski definition) is 2. The number of aromatic nitrogens is 4. The minimum atomic E-state index is -1.00. The van der Waals surface area contributed by atoms with Gasteiger partial charge in [0.05, 0.1) is 36.9 Å². The first-order valence-electron chi connectivity index (χ1n) is 16.7. The monoisotopic (exact) mass is 1030 g/mol. The molecule has 3 heterocycles. The van der Waals surface area contributed by atoms with E-state index < -0.39 is 7.15 Å². The highest BCUT2D eigenvalue weighted by Gasteiger charge is 2.31. The van der Waals surface area contributed by atoms with Crippen molar-refractivity contribution in [3.63, 3.8) is 0 Å². The number of alkyl halides is 2. The second kappa shape index (κ2) is 23.5. The number of quaternary nitrogens is 1. The number of benzene rings is 6. The van der Waals surface area contributed by atoms with Crippen molar-refractivity contribution >= 4 is 90.6 Å². The predicted molar refractivity (Wildman–Crippen MR) is 228 cm³/mol. The Kier molecular flexibility index (Phi) is 18.5. The van der Waals surface area contributed by atoms with E-state index >= 15 is 0 Å². The Morgan fingerprint density at radius 2 is 1.23 bits per heavy atom. The van der Waals surface area contributed by atoms with Crippen molar-refractivity contribution in [3.05, 3.63) is 180 Å². The quantitative estimate of drug-likeness (QED) is 0.108. The standard InChI is InChI=1S/C14H13N2.C13H10N2.C7H6N2.C6H5I.CH3F.CH3I.HI/c1-15-11-16(12-7-3-2-4-8-12)14-10-6-5-9-13(14)15;1-2-6-11(7-3-1)15-10-14-12-8-4-5-9-13(12)15;1-2-4-7-6(3-1)8-5-9-7;7-6-4-2-1-3-5-6;2*1-2;/h2-11H,1H3;1-10H;1-5H,(H,8,9);1-5H;2*1H3;1H/q+1;;;;;;/i;;;;1D;;. The number of nitrogens with one attached hydrogen (secondary N) is 2. The molecule has 0 spiro atoms. The lowest BCUT2D eigenvalue weighted by Gasteiger charge is -2.04. The summed E-state index contributed by atoms with van der Waals surface area (Å²) in [5.74, 6) is 0. The van der Waals surface area contributed by atoms with Crippen LogP contribution in [0.3, 0.4) is 0 Å². The zero-order valence-corrected chi connectivity index (χ0v) is 35.3. The maximum Gasteiger partial charge on any atom is 0.341 e. The molecule has 0 saturated heterocycles. The minimum Gasteiger partial charge on any atom is -1.00 e. The number of H-pyrrole nitrogens is 1. The molecular weight excluding hydrogens is 988 g/mol. The van der Waals surface area contributed by atoms with Crippen LogP contribution in [-0.2, 0) is 0 Å². The van der Waals surface area contributed by atoms with Gasteiger partial charge in [-0.05, 0) is 76.1 Å². The molecule has 10 heteroatoms. The van der Waals surface area contributed by atoms with Gasteiger partial charge in [-0.15, -0.1) is 4.58 Å². The fourth-order valence-corrected chi connectivity index (χ4v) is 5.65. The lowest BCUT2D eigenvalue weighted by molar-refractivity contribution is -0.655. The van der Waals surface area contributed by atoms with E-state index in [1.807, 2.05) is 90.1 Å². The lowest BCUT2D eigenvalue weighted by Crippen LogP contribution is -3.00. The highest BCUT2D eigenvalue weighted by atomic mass is 127. The molecule has 9 rings (SSSR count). The van der Waals surface area contributed by atoms with Crippen molar-refractivity contribution in [1.29, 1.82) is 0 Å². The molecule has 8 aromatic rings. The molecule has 0 fully saturated rings. The Hall–Kier alpha value is -3.99. The average Bonchev–Trinajstić information content (AvgIpc) is 3.96. The molecule has 2 N–H and O–H groups in total. The van der Waals surface area contributed by atoms with Crippen LogP contribution in [0.15, 0.2) is 176 Å². The van der Waals surface area contributed by atoms with Gasteiger partial charge in [-0.1, -0.05) is 114 Å². The van der Waals surface area contributed by atoms with Crippen LogP contribution >= 0.6 is 45.2 Å². The number of fused-ring (bicyclic) bond motifs is 3. The average molecular weight is 1030 g/mol. The Labute approximate surface area is 351 Å². The van der Waals surface area contributed by atoms with Crippen molar-refractivity contribution in [2.45, 2.75) is 0 Å². The Morgan fingerprint density at radius 1 is 0.692 bits per heavy atom. The van der Waals surface area contributed by atoms with Crippen LogP contribution in [0.2, 0.25) is 0 Å². The molecule has 2 aromatic heterocycles. The van der Waals surface area contributed by atoms with Gasteiger partial charge in [0.25, 0.3) is 5.69 Å². The zero-order valence-electron chi connectivity index (χ0n) is 29.8. The van der Waals surface area contributed by atoms with Crippen LogP contribution in [-0.4, -0.2) is 49.6 Å². The Bertz CT molecular complexity index is 2180. The van der Waals surface area contributed by atoms with E-state index in [4.69, 9.17) is 1.37 Å². The van der Waals surface area contributed by atoms with Gasteiger partial charge >= 0.3 is 6.34 Å². The number of aromatic amines is 1. The molecule has 1 aliphatic heterocycles. The first-order valence-corrected chi connectivity index (χ1v) is 19.2. The van der Waals surface area contributed by atoms with Gasteiger partial charge in [0, 0.05) is 33.5 Å². The van der Waals surface area contributed by atoms with Crippen LogP contribution in [0.4, 0.5) is 21.5 Å². The third kappa shape index (κ3) is 12.0. The van der Waals surface area contributed by atoms with Crippen LogP contribution in [0, 0.1) is 3.57 Å². The molecule has 266 valence electrons. The number of halogens is 4. The molecular formula is C42H41FI3N6+. The first kappa shape index (κ1) is 40.8. The van der Waals surface area contributed by atoms with E-state index in [0.29, 0.717) is 0 Å². The minimum absolute atomic E-state index is 0. The summed E-state index contributed by atoms with van der Waals surface area (Å²) in [4.78, 5) is 14.7. The molecule has 1 atom stereocenters. The second-order valence-electron chi connectivity index (χ2n) is 10.7. The SMILES string of the molecule is CI.C[N+]1=C[NH+](c2ccccc2)c2ccccc21.Ic1ccccc1.[2H]CF.[I-].c1ccc(-n2cnc3ccccc32)cc1.c1ccc2[nH]cnc2c1. The van der Waals surface area contributed by atoms with Crippen molar-refractivity contribution in [1.82, 2.24) is 19.5 Å². The summed E-state index contributed by atoms with van der Waals surface area (Å²) >= 11 is 4.43. The van der Waals surface area contributed by atoms with E-state index in [1.165, 1.54) is 25.5 Å². The summed E-state index contributed by atoms with van der Waals surface area (Å²) in [6.07, 6.45) is 5.75. The third-order valence-corrected chi connectivity index (χ3v) is 8.25. The van der Waals surface area contributed by atoms with Crippen LogP contribution in [0.25, 0.3) is 27.8 Å². The first-order chi connectivity index (χ1) is 25.6.